The maximum atomic E-state index is 13.8. The van der Waals surface area contributed by atoms with Crippen molar-refractivity contribution < 1.29 is 22.4 Å². The Labute approximate surface area is 183 Å². The van der Waals surface area contributed by atoms with Crippen LogP contribution in [0.25, 0.3) is 0 Å². The molecule has 1 N–H and O–H groups in total. The standard InChI is InChI=1S/C21H22BrFN2O4S/c1-3-21(27)25-13(2)10-14-11-16(5-7-19(14)25)30(28,29)9-8-20(26)24-18-6-4-15(22)12-17(18)23/h4-7,11-13H,3,8-10H2,1-2H3,(H,24,26)/t13-/m1/s1. The Morgan fingerprint density at radius 3 is 2.63 bits per heavy atom. The molecular weight excluding hydrogens is 475 g/mol. The van der Waals surface area contributed by atoms with E-state index in [4.69, 9.17) is 0 Å². The van der Waals surface area contributed by atoms with Crippen LogP contribution in [0.15, 0.2) is 45.8 Å². The van der Waals surface area contributed by atoms with Crippen LogP contribution >= 0.6 is 15.9 Å². The van der Waals surface area contributed by atoms with Gasteiger partial charge in [0.15, 0.2) is 9.84 Å². The molecule has 6 nitrogen and oxygen atoms in total. The zero-order chi connectivity index (χ0) is 22.1. The number of carbonyl (C=O) groups excluding carboxylic acids is 2. The highest BCUT2D eigenvalue weighted by atomic mass is 79.9. The molecule has 0 aromatic heterocycles. The van der Waals surface area contributed by atoms with Gasteiger partial charge in [0.05, 0.1) is 16.3 Å². The summed E-state index contributed by atoms with van der Waals surface area (Å²) in [4.78, 5) is 26.1. The molecule has 2 amide bonds. The first-order valence-electron chi connectivity index (χ1n) is 9.55. The Bertz CT molecular complexity index is 1100. The topological polar surface area (TPSA) is 83.6 Å². The van der Waals surface area contributed by atoms with E-state index in [1.54, 1.807) is 30.0 Å². The molecule has 0 radical (unpaired) electrons. The van der Waals surface area contributed by atoms with Crippen LogP contribution in [-0.2, 0) is 25.8 Å². The number of nitrogens with one attached hydrogen (secondary N) is 1. The first-order chi connectivity index (χ1) is 14.1. The van der Waals surface area contributed by atoms with Crippen LogP contribution in [0.1, 0.15) is 32.3 Å². The number of rotatable bonds is 6. The molecule has 0 aliphatic carbocycles. The average Bonchev–Trinajstić information content (AvgIpc) is 3.03. The lowest BCUT2D eigenvalue weighted by molar-refractivity contribution is -0.118. The minimum absolute atomic E-state index is 0.00583. The summed E-state index contributed by atoms with van der Waals surface area (Å²) in [6, 6.07) is 8.85. The second-order valence-electron chi connectivity index (χ2n) is 7.20. The quantitative estimate of drug-likeness (QED) is 0.652. The largest absolute Gasteiger partial charge is 0.324 e. The molecule has 0 unspecified atom stereocenters. The number of fused-ring (bicyclic) bond motifs is 1. The molecule has 1 aliphatic rings. The maximum Gasteiger partial charge on any atom is 0.226 e. The first-order valence-corrected chi connectivity index (χ1v) is 12.0. The fourth-order valence-electron chi connectivity index (χ4n) is 3.50. The molecule has 0 saturated heterocycles. The van der Waals surface area contributed by atoms with E-state index in [2.05, 4.69) is 21.2 Å². The summed E-state index contributed by atoms with van der Waals surface area (Å²) in [5, 5.41) is 2.39. The minimum atomic E-state index is -3.71. The molecule has 30 heavy (non-hydrogen) atoms. The lowest BCUT2D eigenvalue weighted by Crippen LogP contribution is -2.35. The lowest BCUT2D eigenvalue weighted by Gasteiger charge is -2.22. The number of benzene rings is 2. The van der Waals surface area contributed by atoms with Crippen LogP contribution in [0, 0.1) is 5.82 Å². The van der Waals surface area contributed by atoms with Crippen molar-refractivity contribution in [3.63, 3.8) is 0 Å². The number of halogens is 2. The van der Waals surface area contributed by atoms with Gasteiger partial charge in [-0.3, -0.25) is 9.59 Å². The molecule has 0 fully saturated rings. The summed E-state index contributed by atoms with van der Waals surface area (Å²) in [5.41, 5.74) is 1.52. The maximum absolute atomic E-state index is 13.8. The van der Waals surface area contributed by atoms with E-state index >= 15 is 0 Å². The number of nitrogens with zero attached hydrogens (tertiary/aromatic N) is 1. The van der Waals surface area contributed by atoms with Crippen LogP contribution in [0.2, 0.25) is 0 Å². The van der Waals surface area contributed by atoms with Gasteiger partial charge >= 0.3 is 0 Å². The minimum Gasteiger partial charge on any atom is -0.324 e. The molecule has 0 spiro atoms. The number of sulfone groups is 1. The van der Waals surface area contributed by atoms with Crippen molar-refractivity contribution in [3.05, 3.63) is 52.3 Å². The van der Waals surface area contributed by atoms with Crippen LogP contribution in [0.5, 0.6) is 0 Å². The van der Waals surface area contributed by atoms with E-state index in [1.165, 1.54) is 18.2 Å². The predicted molar refractivity (Wildman–Crippen MR) is 117 cm³/mol. The van der Waals surface area contributed by atoms with E-state index in [0.29, 0.717) is 17.3 Å². The summed E-state index contributed by atoms with van der Waals surface area (Å²) in [7, 11) is -3.71. The zero-order valence-corrected chi connectivity index (χ0v) is 19.0. The molecule has 1 heterocycles. The molecule has 9 heteroatoms. The number of hydrogen-bond donors (Lipinski definition) is 1. The monoisotopic (exact) mass is 496 g/mol. The highest BCUT2D eigenvalue weighted by molar-refractivity contribution is 9.10. The molecule has 1 aliphatic heterocycles. The van der Waals surface area contributed by atoms with Crippen LogP contribution in [-0.4, -0.2) is 32.0 Å². The molecule has 160 valence electrons. The van der Waals surface area contributed by atoms with Gasteiger partial charge in [-0.05, 0) is 55.3 Å². The van der Waals surface area contributed by atoms with E-state index in [9.17, 15) is 22.4 Å². The first kappa shape index (κ1) is 22.4. The third-order valence-corrected chi connectivity index (χ3v) is 7.21. The number of hydrogen-bond acceptors (Lipinski definition) is 4. The van der Waals surface area contributed by atoms with Gasteiger partial charge in [-0.2, -0.15) is 0 Å². The summed E-state index contributed by atoms with van der Waals surface area (Å²) < 4.78 is 39.8. The van der Waals surface area contributed by atoms with Gasteiger partial charge in [0.25, 0.3) is 0 Å². The Morgan fingerprint density at radius 2 is 1.97 bits per heavy atom. The van der Waals surface area contributed by atoms with Crippen LogP contribution in [0.3, 0.4) is 0 Å². The normalized spacial score (nSPS) is 15.7. The molecular formula is C21H22BrFN2O4S. The highest BCUT2D eigenvalue weighted by Gasteiger charge is 2.31. The second kappa shape index (κ2) is 8.85. The molecule has 2 aromatic rings. The van der Waals surface area contributed by atoms with Gasteiger partial charge < -0.3 is 10.2 Å². The molecule has 0 saturated carbocycles. The summed E-state index contributed by atoms with van der Waals surface area (Å²) >= 11 is 3.13. The third kappa shape index (κ3) is 4.73. The van der Waals surface area contributed by atoms with Crippen LogP contribution < -0.4 is 10.2 Å². The molecule has 1 atom stereocenters. The van der Waals surface area contributed by atoms with Gasteiger partial charge in [0.1, 0.15) is 5.82 Å². The number of anilines is 2. The molecule has 0 bridgehead atoms. The Kier molecular flexibility index (Phi) is 6.62. The Morgan fingerprint density at radius 1 is 1.23 bits per heavy atom. The van der Waals surface area contributed by atoms with Crippen LogP contribution in [0.4, 0.5) is 15.8 Å². The third-order valence-electron chi connectivity index (χ3n) is 5.00. The predicted octanol–water partition coefficient (Wildman–Crippen LogP) is 4.08. The van der Waals surface area contributed by atoms with Gasteiger partial charge in [-0.25, -0.2) is 12.8 Å². The molecule has 3 rings (SSSR count). The Hall–Kier alpha value is -2.26. The summed E-state index contributed by atoms with van der Waals surface area (Å²) in [6.45, 7) is 3.71. The van der Waals surface area contributed by atoms with Gasteiger partial charge in [-0.1, -0.05) is 22.9 Å². The van der Waals surface area contributed by atoms with E-state index < -0.39 is 27.3 Å². The highest BCUT2D eigenvalue weighted by Crippen LogP contribution is 2.34. The van der Waals surface area contributed by atoms with Gasteiger partial charge in [-0.15, -0.1) is 0 Å². The van der Waals surface area contributed by atoms with E-state index in [1.807, 2.05) is 6.92 Å². The second-order valence-corrected chi connectivity index (χ2v) is 10.2. The van der Waals surface area contributed by atoms with Crippen molar-refractivity contribution >= 4 is 49.0 Å². The average molecular weight is 497 g/mol. The van der Waals surface area contributed by atoms with Gasteiger partial charge in [0.2, 0.25) is 11.8 Å². The van der Waals surface area contributed by atoms with Crippen molar-refractivity contribution in [2.45, 2.75) is 44.0 Å². The lowest BCUT2D eigenvalue weighted by atomic mass is 10.1. The van der Waals surface area contributed by atoms with Crippen molar-refractivity contribution in [1.29, 1.82) is 0 Å². The van der Waals surface area contributed by atoms with Crippen molar-refractivity contribution in [1.82, 2.24) is 0 Å². The zero-order valence-electron chi connectivity index (χ0n) is 16.6. The van der Waals surface area contributed by atoms with E-state index in [-0.39, 0.29) is 29.0 Å². The fourth-order valence-corrected chi connectivity index (χ4v) is 5.12. The fraction of sp³-hybridized carbons (Fsp3) is 0.333. The van der Waals surface area contributed by atoms with E-state index in [0.717, 1.165) is 11.3 Å². The van der Waals surface area contributed by atoms with Crippen molar-refractivity contribution in [3.8, 4) is 0 Å². The number of amides is 2. The Balaban J connectivity index is 1.70. The smallest absolute Gasteiger partial charge is 0.226 e. The number of carbonyl (C=O) groups is 2. The van der Waals surface area contributed by atoms with Crippen molar-refractivity contribution in [2.24, 2.45) is 0 Å². The SMILES string of the molecule is CCC(=O)N1c2ccc(S(=O)(=O)CCC(=O)Nc3ccc(Br)cc3F)cc2C[C@H]1C. The van der Waals surface area contributed by atoms with Gasteiger partial charge in [0, 0.05) is 29.0 Å². The van der Waals surface area contributed by atoms with Crippen molar-refractivity contribution in [2.75, 3.05) is 16.0 Å². The molecule has 2 aromatic carbocycles. The summed E-state index contributed by atoms with van der Waals surface area (Å²) in [5.74, 6) is -1.61. The summed E-state index contributed by atoms with van der Waals surface area (Å²) in [6.07, 6.45) is 0.650.